The van der Waals surface area contributed by atoms with E-state index in [1.165, 1.54) is 0 Å². The molecule has 1 aromatic carbocycles. The fourth-order valence-electron chi connectivity index (χ4n) is 1.84. The van der Waals surface area contributed by atoms with Gasteiger partial charge in [-0.2, -0.15) is 0 Å². The summed E-state index contributed by atoms with van der Waals surface area (Å²) in [5, 5.41) is 11.4. The molecule has 1 unspecified atom stereocenters. The van der Waals surface area contributed by atoms with Crippen LogP contribution in [0, 0.1) is 19.8 Å². The molecule has 0 heterocycles. The van der Waals surface area contributed by atoms with Crippen LogP contribution in [0.2, 0.25) is 0 Å². The molecule has 0 radical (unpaired) electrons. The number of carbonyl (C=O) groups excluding carboxylic acids is 1. The predicted octanol–water partition coefficient (Wildman–Crippen LogP) is 2.74. The van der Waals surface area contributed by atoms with Crippen LogP contribution in [0.5, 0.6) is 0 Å². The molecule has 0 aromatic heterocycles. The highest BCUT2D eigenvalue weighted by Gasteiger charge is 2.13. The zero-order chi connectivity index (χ0) is 13.7. The summed E-state index contributed by atoms with van der Waals surface area (Å²) in [5.74, 6) is -1.18. The Morgan fingerprint density at radius 1 is 1.28 bits per heavy atom. The first-order chi connectivity index (χ1) is 8.38. The third-order valence-corrected chi connectivity index (χ3v) is 2.71. The zero-order valence-corrected chi connectivity index (χ0v) is 11.0. The highest BCUT2D eigenvalue weighted by Crippen LogP contribution is 2.17. The van der Waals surface area contributed by atoms with Gasteiger partial charge in [0.05, 0.1) is 0 Å². The van der Waals surface area contributed by atoms with Gasteiger partial charge in [0.25, 0.3) is 0 Å². The highest BCUT2D eigenvalue weighted by atomic mass is 16.4. The fourth-order valence-corrected chi connectivity index (χ4v) is 1.84. The molecule has 98 valence electrons. The Kier molecular flexibility index (Phi) is 4.89. The van der Waals surface area contributed by atoms with Gasteiger partial charge in [0, 0.05) is 18.5 Å². The van der Waals surface area contributed by atoms with Crippen molar-refractivity contribution in [3.05, 3.63) is 29.3 Å². The number of aryl methyl sites for hydroxylation is 2. The molecular weight excluding hydrogens is 230 g/mol. The lowest BCUT2D eigenvalue weighted by Gasteiger charge is -2.11. The summed E-state index contributed by atoms with van der Waals surface area (Å²) in [4.78, 5) is 22.2. The number of hydrogen-bond acceptors (Lipinski definition) is 2. The molecule has 0 aliphatic heterocycles. The van der Waals surface area contributed by atoms with Gasteiger partial charge in [0.2, 0.25) is 5.91 Å². The Labute approximate surface area is 107 Å². The molecule has 0 fully saturated rings. The van der Waals surface area contributed by atoms with E-state index in [0.717, 1.165) is 16.8 Å². The number of benzene rings is 1. The zero-order valence-electron chi connectivity index (χ0n) is 11.0. The van der Waals surface area contributed by atoms with Crippen LogP contribution in [0.15, 0.2) is 18.2 Å². The van der Waals surface area contributed by atoms with Crippen molar-refractivity contribution in [3.63, 3.8) is 0 Å². The smallest absolute Gasteiger partial charge is 0.303 e. The van der Waals surface area contributed by atoms with Crippen LogP contribution < -0.4 is 5.32 Å². The highest BCUT2D eigenvalue weighted by molar-refractivity contribution is 5.91. The van der Waals surface area contributed by atoms with Gasteiger partial charge in [-0.25, -0.2) is 0 Å². The van der Waals surface area contributed by atoms with Crippen molar-refractivity contribution in [1.82, 2.24) is 0 Å². The van der Waals surface area contributed by atoms with E-state index >= 15 is 0 Å². The van der Waals surface area contributed by atoms with E-state index in [9.17, 15) is 9.59 Å². The van der Waals surface area contributed by atoms with Gasteiger partial charge in [-0.05, 0) is 31.4 Å². The molecule has 0 aliphatic carbocycles. The predicted molar refractivity (Wildman–Crippen MR) is 70.6 cm³/mol. The van der Waals surface area contributed by atoms with E-state index in [1.54, 1.807) is 6.92 Å². The maximum Gasteiger partial charge on any atom is 0.303 e. The first-order valence-electron chi connectivity index (χ1n) is 5.97. The van der Waals surface area contributed by atoms with Crippen molar-refractivity contribution in [3.8, 4) is 0 Å². The summed E-state index contributed by atoms with van der Waals surface area (Å²) >= 11 is 0. The van der Waals surface area contributed by atoms with E-state index in [-0.39, 0.29) is 24.7 Å². The first kappa shape index (κ1) is 14.2. The van der Waals surface area contributed by atoms with Gasteiger partial charge in [0.1, 0.15) is 0 Å². The number of carboxylic acids is 1. The van der Waals surface area contributed by atoms with Gasteiger partial charge >= 0.3 is 5.97 Å². The second-order valence-electron chi connectivity index (χ2n) is 4.77. The van der Waals surface area contributed by atoms with Crippen LogP contribution in [0.3, 0.4) is 0 Å². The molecule has 0 saturated heterocycles. The number of anilines is 1. The second kappa shape index (κ2) is 6.19. The number of carboxylic acid groups (broad SMARTS) is 1. The van der Waals surface area contributed by atoms with Crippen molar-refractivity contribution in [2.24, 2.45) is 5.92 Å². The third kappa shape index (κ3) is 4.57. The molecule has 2 N–H and O–H groups in total. The molecule has 1 amide bonds. The second-order valence-corrected chi connectivity index (χ2v) is 4.77. The van der Waals surface area contributed by atoms with Crippen LogP contribution in [0.1, 0.15) is 30.9 Å². The molecule has 0 spiro atoms. The van der Waals surface area contributed by atoms with Crippen molar-refractivity contribution < 1.29 is 14.7 Å². The molecule has 0 bridgehead atoms. The van der Waals surface area contributed by atoms with E-state index < -0.39 is 5.97 Å². The average Bonchev–Trinajstić information content (AvgIpc) is 2.20. The van der Waals surface area contributed by atoms with Gasteiger partial charge in [-0.1, -0.05) is 24.6 Å². The molecule has 4 nitrogen and oxygen atoms in total. The quantitative estimate of drug-likeness (QED) is 0.843. The Hall–Kier alpha value is -1.84. The Morgan fingerprint density at radius 3 is 2.50 bits per heavy atom. The van der Waals surface area contributed by atoms with E-state index in [4.69, 9.17) is 5.11 Å². The molecule has 1 atom stereocenters. The maximum absolute atomic E-state index is 11.7. The number of rotatable bonds is 5. The molecule has 1 rings (SSSR count). The van der Waals surface area contributed by atoms with Crippen LogP contribution >= 0.6 is 0 Å². The molecule has 0 saturated carbocycles. The number of nitrogens with one attached hydrogen (secondary N) is 1. The SMILES string of the molecule is Cc1ccc(NC(=O)CC(C)CC(=O)O)c(C)c1. The van der Waals surface area contributed by atoms with Crippen molar-refractivity contribution in [1.29, 1.82) is 0 Å². The van der Waals surface area contributed by atoms with Crippen LogP contribution in [0.4, 0.5) is 5.69 Å². The van der Waals surface area contributed by atoms with Crippen LogP contribution in [0.25, 0.3) is 0 Å². The van der Waals surface area contributed by atoms with Crippen molar-refractivity contribution in [2.45, 2.75) is 33.6 Å². The Bertz CT molecular complexity index is 454. The minimum absolute atomic E-state index is 0.0142. The summed E-state index contributed by atoms with van der Waals surface area (Å²) in [6.45, 7) is 5.69. The lowest BCUT2D eigenvalue weighted by atomic mass is 10.0. The van der Waals surface area contributed by atoms with E-state index in [2.05, 4.69) is 5.32 Å². The van der Waals surface area contributed by atoms with E-state index in [0.29, 0.717) is 0 Å². The summed E-state index contributed by atoms with van der Waals surface area (Å²) < 4.78 is 0. The normalized spacial score (nSPS) is 11.9. The monoisotopic (exact) mass is 249 g/mol. The standard InChI is InChI=1S/C14H19NO3/c1-9-4-5-12(11(3)6-9)15-13(16)7-10(2)8-14(17)18/h4-6,10H,7-8H2,1-3H3,(H,15,16)(H,17,18). The largest absolute Gasteiger partial charge is 0.481 e. The summed E-state index contributed by atoms with van der Waals surface area (Å²) in [7, 11) is 0. The lowest BCUT2D eigenvalue weighted by molar-refractivity contribution is -0.138. The van der Waals surface area contributed by atoms with Crippen LogP contribution in [-0.4, -0.2) is 17.0 Å². The fraction of sp³-hybridized carbons (Fsp3) is 0.429. The van der Waals surface area contributed by atoms with Crippen LogP contribution in [-0.2, 0) is 9.59 Å². The third-order valence-electron chi connectivity index (χ3n) is 2.71. The summed E-state index contributed by atoms with van der Waals surface area (Å²) in [6.07, 6.45) is 0.236. The minimum atomic E-state index is -0.873. The lowest BCUT2D eigenvalue weighted by Crippen LogP contribution is -2.17. The first-order valence-corrected chi connectivity index (χ1v) is 5.97. The van der Waals surface area contributed by atoms with E-state index in [1.807, 2.05) is 32.0 Å². The van der Waals surface area contributed by atoms with Gasteiger partial charge in [-0.3, -0.25) is 9.59 Å². The number of amides is 1. The van der Waals surface area contributed by atoms with Gasteiger partial charge < -0.3 is 10.4 Å². The Balaban J connectivity index is 2.56. The number of hydrogen-bond donors (Lipinski definition) is 2. The average molecular weight is 249 g/mol. The molecule has 18 heavy (non-hydrogen) atoms. The number of carbonyl (C=O) groups is 2. The topological polar surface area (TPSA) is 66.4 Å². The van der Waals surface area contributed by atoms with Crippen molar-refractivity contribution in [2.75, 3.05) is 5.32 Å². The van der Waals surface area contributed by atoms with Gasteiger partial charge in [0.15, 0.2) is 0 Å². The Morgan fingerprint density at radius 2 is 1.94 bits per heavy atom. The number of aliphatic carboxylic acids is 1. The summed E-state index contributed by atoms with van der Waals surface area (Å²) in [5.41, 5.74) is 2.94. The summed E-state index contributed by atoms with van der Waals surface area (Å²) in [6, 6.07) is 5.80. The van der Waals surface area contributed by atoms with Crippen molar-refractivity contribution >= 4 is 17.6 Å². The van der Waals surface area contributed by atoms with Gasteiger partial charge in [-0.15, -0.1) is 0 Å². The molecular formula is C14H19NO3. The molecule has 0 aliphatic rings. The minimum Gasteiger partial charge on any atom is -0.481 e. The molecule has 1 aromatic rings. The molecule has 4 heteroatoms. The maximum atomic E-state index is 11.7.